The van der Waals surface area contributed by atoms with Crippen molar-refractivity contribution < 1.29 is 5.11 Å². The molecule has 0 radical (unpaired) electrons. The minimum atomic E-state index is -0.113. The van der Waals surface area contributed by atoms with Gasteiger partial charge in [-0.3, -0.25) is 4.90 Å². The van der Waals surface area contributed by atoms with E-state index in [0.717, 1.165) is 32.0 Å². The molecule has 0 saturated carbocycles. The van der Waals surface area contributed by atoms with E-state index < -0.39 is 0 Å². The highest BCUT2D eigenvalue weighted by Crippen LogP contribution is 2.22. The van der Waals surface area contributed by atoms with E-state index in [1.54, 1.807) is 0 Å². The second-order valence-electron chi connectivity index (χ2n) is 6.88. The lowest BCUT2D eigenvalue weighted by molar-refractivity contribution is 0.141. The van der Waals surface area contributed by atoms with Crippen LogP contribution in [0.1, 0.15) is 46.0 Å². The molecule has 2 aliphatic rings. The molecule has 4 heteroatoms. The summed E-state index contributed by atoms with van der Waals surface area (Å²) in [6.07, 6.45) is 6.22. The van der Waals surface area contributed by atoms with Crippen LogP contribution in [0.2, 0.25) is 0 Å². The molecule has 2 fully saturated rings. The smallest absolute Gasteiger partial charge is 0.0611 e. The van der Waals surface area contributed by atoms with E-state index in [9.17, 15) is 5.11 Å². The zero-order valence-corrected chi connectivity index (χ0v) is 13.4. The van der Waals surface area contributed by atoms with Crippen molar-refractivity contribution in [2.24, 2.45) is 0 Å². The summed E-state index contributed by atoms with van der Waals surface area (Å²) in [7, 11) is 0. The van der Waals surface area contributed by atoms with Gasteiger partial charge in [0.05, 0.1) is 6.61 Å². The van der Waals surface area contributed by atoms with Gasteiger partial charge in [-0.15, -0.1) is 0 Å². The van der Waals surface area contributed by atoms with Crippen LogP contribution in [0, 0.1) is 0 Å². The Morgan fingerprint density at radius 3 is 2.80 bits per heavy atom. The van der Waals surface area contributed by atoms with E-state index in [1.807, 2.05) is 0 Å². The second kappa shape index (κ2) is 7.74. The number of rotatable bonds is 7. The van der Waals surface area contributed by atoms with Crippen molar-refractivity contribution >= 4 is 0 Å². The maximum absolute atomic E-state index is 9.66. The molecule has 2 aliphatic heterocycles. The molecule has 2 N–H and O–H groups in total. The van der Waals surface area contributed by atoms with Crippen molar-refractivity contribution in [3.05, 3.63) is 0 Å². The third-order valence-electron chi connectivity index (χ3n) is 5.02. The van der Waals surface area contributed by atoms with Crippen molar-refractivity contribution in [3.8, 4) is 0 Å². The molecule has 0 aromatic rings. The molecule has 2 rings (SSSR count). The van der Waals surface area contributed by atoms with Crippen LogP contribution in [-0.2, 0) is 0 Å². The van der Waals surface area contributed by atoms with Crippen LogP contribution < -0.4 is 5.32 Å². The van der Waals surface area contributed by atoms with E-state index in [4.69, 9.17) is 0 Å². The summed E-state index contributed by atoms with van der Waals surface area (Å²) in [4.78, 5) is 5.30. The number of aliphatic hydroxyl groups excluding tert-OH is 1. The first kappa shape index (κ1) is 16.2. The highest BCUT2D eigenvalue weighted by Gasteiger charge is 2.30. The third kappa shape index (κ3) is 4.42. The fourth-order valence-electron chi connectivity index (χ4n) is 3.54. The Balaban J connectivity index is 1.79. The van der Waals surface area contributed by atoms with Crippen LogP contribution in [0.15, 0.2) is 0 Å². The molecule has 0 aromatic heterocycles. The van der Waals surface area contributed by atoms with Gasteiger partial charge in [0.2, 0.25) is 0 Å². The predicted molar refractivity (Wildman–Crippen MR) is 84.1 cm³/mol. The van der Waals surface area contributed by atoms with Crippen LogP contribution in [0.4, 0.5) is 0 Å². The average molecular weight is 283 g/mol. The van der Waals surface area contributed by atoms with E-state index in [1.165, 1.54) is 45.4 Å². The third-order valence-corrected chi connectivity index (χ3v) is 5.02. The zero-order valence-electron chi connectivity index (χ0n) is 13.4. The van der Waals surface area contributed by atoms with Crippen LogP contribution in [0.25, 0.3) is 0 Å². The number of fused-ring (bicyclic) bond motifs is 1. The lowest BCUT2D eigenvalue weighted by Crippen LogP contribution is -2.49. The Morgan fingerprint density at radius 1 is 1.25 bits per heavy atom. The summed E-state index contributed by atoms with van der Waals surface area (Å²) in [5.74, 6) is 0. The minimum absolute atomic E-state index is 0.113. The number of aliphatic hydroxyl groups is 1. The second-order valence-corrected chi connectivity index (χ2v) is 6.88. The first-order valence-electron chi connectivity index (χ1n) is 8.49. The Morgan fingerprint density at radius 2 is 2.05 bits per heavy atom. The Kier molecular flexibility index (Phi) is 6.27. The number of nitrogens with zero attached hydrogens (tertiary/aromatic N) is 2. The van der Waals surface area contributed by atoms with Gasteiger partial charge in [0.15, 0.2) is 0 Å². The summed E-state index contributed by atoms with van der Waals surface area (Å²) in [5.41, 5.74) is -0.113. The Bertz CT molecular complexity index is 287. The molecule has 0 aromatic carbocycles. The minimum Gasteiger partial charge on any atom is -0.394 e. The van der Waals surface area contributed by atoms with Gasteiger partial charge in [-0.1, -0.05) is 6.92 Å². The fraction of sp³-hybridized carbons (Fsp3) is 1.00. The molecular formula is C16H33N3O. The van der Waals surface area contributed by atoms with Gasteiger partial charge >= 0.3 is 0 Å². The monoisotopic (exact) mass is 283 g/mol. The number of hydrogen-bond acceptors (Lipinski definition) is 4. The molecule has 2 heterocycles. The van der Waals surface area contributed by atoms with E-state index in [-0.39, 0.29) is 12.1 Å². The van der Waals surface area contributed by atoms with Crippen molar-refractivity contribution in [2.45, 2.75) is 57.5 Å². The number of nitrogens with one attached hydrogen (secondary N) is 1. The zero-order chi connectivity index (χ0) is 14.4. The molecule has 0 spiro atoms. The molecule has 0 aliphatic carbocycles. The Hall–Kier alpha value is -0.160. The lowest BCUT2D eigenvalue weighted by Gasteiger charge is -2.32. The molecule has 2 atom stereocenters. The summed E-state index contributed by atoms with van der Waals surface area (Å²) in [6.45, 7) is 11.7. The SMILES string of the molecule is CCCNC(C)(CO)CCN1CCCN2CCCC2C1. The van der Waals surface area contributed by atoms with Crippen molar-refractivity contribution in [3.63, 3.8) is 0 Å². The highest BCUT2D eigenvalue weighted by atomic mass is 16.3. The van der Waals surface area contributed by atoms with Crippen LogP contribution in [0.3, 0.4) is 0 Å². The first-order chi connectivity index (χ1) is 9.67. The maximum atomic E-state index is 9.66. The standard InChI is InChI=1S/C16H33N3O/c1-3-8-17-16(2,14-20)7-12-18-9-5-11-19-10-4-6-15(19)13-18/h15,17,20H,3-14H2,1-2H3. The largest absolute Gasteiger partial charge is 0.394 e. The summed E-state index contributed by atoms with van der Waals surface area (Å²) in [5, 5.41) is 13.2. The van der Waals surface area contributed by atoms with Gasteiger partial charge < -0.3 is 15.3 Å². The van der Waals surface area contributed by atoms with Gasteiger partial charge in [0.1, 0.15) is 0 Å². The summed E-state index contributed by atoms with van der Waals surface area (Å²) < 4.78 is 0. The summed E-state index contributed by atoms with van der Waals surface area (Å²) >= 11 is 0. The first-order valence-corrected chi connectivity index (χ1v) is 8.49. The molecule has 2 unspecified atom stereocenters. The number of hydrogen-bond donors (Lipinski definition) is 2. The van der Waals surface area contributed by atoms with Crippen LogP contribution in [-0.4, -0.2) is 72.4 Å². The topological polar surface area (TPSA) is 38.7 Å². The molecular weight excluding hydrogens is 250 g/mol. The molecule has 0 amide bonds. The van der Waals surface area contributed by atoms with Crippen molar-refractivity contribution in [1.29, 1.82) is 0 Å². The fourth-order valence-corrected chi connectivity index (χ4v) is 3.54. The molecule has 2 saturated heterocycles. The van der Waals surface area contributed by atoms with Gasteiger partial charge in [0.25, 0.3) is 0 Å². The van der Waals surface area contributed by atoms with Crippen molar-refractivity contribution in [1.82, 2.24) is 15.1 Å². The predicted octanol–water partition coefficient (Wildman–Crippen LogP) is 1.30. The lowest BCUT2D eigenvalue weighted by atomic mass is 9.98. The van der Waals surface area contributed by atoms with Gasteiger partial charge in [0, 0.05) is 24.7 Å². The van der Waals surface area contributed by atoms with E-state index >= 15 is 0 Å². The van der Waals surface area contributed by atoms with Crippen LogP contribution in [0.5, 0.6) is 0 Å². The molecule has 20 heavy (non-hydrogen) atoms. The van der Waals surface area contributed by atoms with Crippen LogP contribution >= 0.6 is 0 Å². The normalized spacial score (nSPS) is 28.1. The Labute approximate surface area is 124 Å². The molecule has 4 nitrogen and oxygen atoms in total. The average Bonchev–Trinajstić information content (AvgIpc) is 2.81. The van der Waals surface area contributed by atoms with Gasteiger partial charge in [-0.05, 0) is 65.2 Å². The van der Waals surface area contributed by atoms with Gasteiger partial charge in [-0.2, -0.15) is 0 Å². The maximum Gasteiger partial charge on any atom is 0.0611 e. The molecule has 0 bridgehead atoms. The van der Waals surface area contributed by atoms with E-state index in [0.29, 0.717) is 0 Å². The van der Waals surface area contributed by atoms with Gasteiger partial charge in [-0.25, -0.2) is 0 Å². The van der Waals surface area contributed by atoms with E-state index in [2.05, 4.69) is 29.0 Å². The quantitative estimate of drug-likeness (QED) is 0.739. The van der Waals surface area contributed by atoms with Crippen molar-refractivity contribution in [2.75, 3.05) is 45.9 Å². The highest BCUT2D eigenvalue weighted by molar-refractivity contribution is 4.87. The molecule has 118 valence electrons. The summed E-state index contributed by atoms with van der Waals surface area (Å²) in [6, 6.07) is 0.793.